The molecule has 0 fully saturated rings. The Hall–Kier alpha value is -1.84. The maximum Gasteiger partial charge on any atom is 0.112 e. The molecule has 0 saturated carbocycles. The number of anilines is 1. The second-order valence-electron chi connectivity index (χ2n) is 4.83. The molecule has 3 rings (SSSR count). The monoisotopic (exact) mass is 314 g/mol. The molecule has 21 heavy (non-hydrogen) atoms. The van der Waals surface area contributed by atoms with Crippen molar-refractivity contribution in [2.45, 2.75) is 13.5 Å². The van der Waals surface area contributed by atoms with Gasteiger partial charge in [-0.3, -0.25) is 0 Å². The van der Waals surface area contributed by atoms with Crippen molar-refractivity contribution >= 4 is 28.6 Å². The quantitative estimate of drug-likeness (QED) is 0.699. The van der Waals surface area contributed by atoms with Crippen LogP contribution in [0, 0.1) is 6.92 Å². The molecule has 0 unspecified atom stereocenters. The second-order valence-corrected chi connectivity index (χ2v) is 6.18. The summed E-state index contributed by atoms with van der Waals surface area (Å²) in [6.45, 7) is 2.74. The molecule has 0 spiro atoms. The van der Waals surface area contributed by atoms with Gasteiger partial charge in [0.25, 0.3) is 0 Å². The minimum absolute atomic E-state index is 0.681. The van der Waals surface area contributed by atoms with Gasteiger partial charge in [-0.1, -0.05) is 48.0 Å². The SMILES string of the molecule is Cc1ccc(Cl)c(NCc2nc(-c3ccccc3)cs2)c1. The van der Waals surface area contributed by atoms with E-state index in [1.54, 1.807) is 11.3 Å². The maximum absolute atomic E-state index is 6.18. The minimum Gasteiger partial charge on any atom is -0.377 e. The molecular weight excluding hydrogens is 300 g/mol. The average molecular weight is 315 g/mol. The molecule has 1 aromatic heterocycles. The Kier molecular flexibility index (Phi) is 4.23. The Balaban J connectivity index is 1.72. The van der Waals surface area contributed by atoms with Crippen LogP contribution in [0.4, 0.5) is 5.69 Å². The third-order valence-corrected chi connectivity index (χ3v) is 4.35. The summed E-state index contributed by atoms with van der Waals surface area (Å²) in [5.41, 5.74) is 4.31. The first-order chi connectivity index (χ1) is 10.2. The summed E-state index contributed by atoms with van der Waals surface area (Å²) < 4.78 is 0. The van der Waals surface area contributed by atoms with E-state index >= 15 is 0 Å². The number of hydrogen-bond donors (Lipinski definition) is 1. The Morgan fingerprint density at radius 3 is 2.76 bits per heavy atom. The lowest BCUT2D eigenvalue weighted by atomic mass is 10.2. The number of thiazole rings is 1. The minimum atomic E-state index is 0.681. The molecule has 0 amide bonds. The average Bonchev–Trinajstić information content (AvgIpc) is 2.98. The van der Waals surface area contributed by atoms with E-state index < -0.39 is 0 Å². The summed E-state index contributed by atoms with van der Waals surface area (Å²) in [6, 6.07) is 16.2. The third-order valence-electron chi connectivity index (χ3n) is 3.17. The fraction of sp³-hybridized carbons (Fsp3) is 0.118. The normalized spacial score (nSPS) is 10.6. The van der Waals surface area contributed by atoms with E-state index in [9.17, 15) is 0 Å². The highest BCUT2D eigenvalue weighted by Gasteiger charge is 2.05. The summed E-state index contributed by atoms with van der Waals surface area (Å²) in [6.07, 6.45) is 0. The predicted molar refractivity (Wildman–Crippen MR) is 91.1 cm³/mol. The Bertz CT molecular complexity index is 738. The van der Waals surface area contributed by atoms with Crippen LogP contribution in [0.15, 0.2) is 53.9 Å². The zero-order chi connectivity index (χ0) is 14.7. The number of nitrogens with zero attached hydrogens (tertiary/aromatic N) is 1. The molecule has 0 saturated heterocycles. The van der Waals surface area contributed by atoms with Gasteiger partial charge in [0.2, 0.25) is 0 Å². The van der Waals surface area contributed by atoms with Crippen LogP contribution in [-0.4, -0.2) is 4.98 Å². The summed E-state index contributed by atoms with van der Waals surface area (Å²) >= 11 is 7.84. The molecule has 1 heterocycles. The van der Waals surface area contributed by atoms with E-state index in [4.69, 9.17) is 11.6 Å². The number of aryl methyl sites for hydroxylation is 1. The molecule has 1 N–H and O–H groups in total. The van der Waals surface area contributed by atoms with E-state index in [0.29, 0.717) is 6.54 Å². The van der Waals surface area contributed by atoms with E-state index in [0.717, 1.165) is 27.0 Å². The fourth-order valence-corrected chi connectivity index (χ4v) is 3.01. The van der Waals surface area contributed by atoms with Gasteiger partial charge >= 0.3 is 0 Å². The summed E-state index contributed by atoms with van der Waals surface area (Å²) in [5, 5.41) is 7.22. The van der Waals surface area contributed by atoms with Crippen molar-refractivity contribution in [3.63, 3.8) is 0 Å². The van der Waals surface area contributed by atoms with Gasteiger partial charge in [0.1, 0.15) is 5.01 Å². The smallest absolute Gasteiger partial charge is 0.112 e. The van der Waals surface area contributed by atoms with Crippen LogP contribution in [0.2, 0.25) is 5.02 Å². The fourth-order valence-electron chi connectivity index (χ4n) is 2.08. The van der Waals surface area contributed by atoms with Crippen LogP contribution < -0.4 is 5.32 Å². The molecule has 0 aliphatic heterocycles. The van der Waals surface area contributed by atoms with Crippen LogP contribution in [0.3, 0.4) is 0 Å². The van der Waals surface area contributed by atoms with Crippen LogP contribution in [-0.2, 0) is 6.54 Å². The van der Waals surface area contributed by atoms with Gasteiger partial charge in [-0.15, -0.1) is 11.3 Å². The highest BCUT2D eigenvalue weighted by Crippen LogP contribution is 2.25. The first-order valence-electron chi connectivity index (χ1n) is 6.72. The van der Waals surface area contributed by atoms with Gasteiger partial charge in [-0.2, -0.15) is 0 Å². The number of rotatable bonds is 4. The van der Waals surface area contributed by atoms with E-state index in [-0.39, 0.29) is 0 Å². The zero-order valence-corrected chi connectivity index (χ0v) is 13.2. The largest absolute Gasteiger partial charge is 0.377 e. The molecule has 3 aromatic rings. The van der Waals surface area contributed by atoms with Crippen molar-refractivity contribution in [3.05, 3.63) is 69.5 Å². The number of halogens is 1. The zero-order valence-electron chi connectivity index (χ0n) is 11.6. The van der Waals surface area contributed by atoms with Crippen molar-refractivity contribution < 1.29 is 0 Å². The summed E-state index contributed by atoms with van der Waals surface area (Å²) in [7, 11) is 0. The predicted octanol–water partition coefficient (Wildman–Crippen LogP) is 5.38. The number of hydrogen-bond acceptors (Lipinski definition) is 3. The first kappa shape index (κ1) is 14.1. The van der Waals surface area contributed by atoms with Crippen LogP contribution >= 0.6 is 22.9 Å². The third kappa shape index (κ3) is 3.43. The lowest BCUT2D eigenvalue weighted by Crippen LogP contribution is -1.99. The van der Waals surface area contributed by atoms with E-state index in [1.165, 1.54) is 5.56 Å². The second kappa shape index (κ2) is 6.29. The molecule has 0 aliphatic rings. The first-order valence-corrected chi connectivity index (χ1v) is 7.98. The van der Waals surface area contributed by atoms with Gasteiger partial charge in [-0.25, -0.2) is 4.98 Å². The molecular formula is C17H15ClN2S. The van der Waals surface area contributed by atoms with Crippen molar-refractivity contribution in [1.29, 1.82) is 0 Å². The number of aromatic nitrogens is 1. The van der Waals surface area contributed by atoms with Crippen LogP contribution in [0.25, 0.3) is 11.3 Å². The van der Waals surface area contributed by atoms with E-state index in [1.807, 2.05) is 36.4 Å². The molecule has 4 heteroatoms. The van der Waals surface area contributed by atoms with Gasteiger partial charge < -0.3 is 5.32 Å². The molecule has 0 aliphatic carbocycles. The Morgan fingerprint density at radius 1 is 1.14 bits per heavy atom. The maximum atomic E-state index is 6.18. The molecule has 2 nitrogen and oxygen atoms in total. The topological polar surface area (TPSA) is 24.9 Å². The van der Waals surface area contributed by atoms with Crippen molar-refractivity contribution in [2.24, 2.45) is 0 Å². The van der Waals surface area contributed by atoms with Crippen LogP contribution in [0.5, 0.6) is 0 Å². The number of nitrogens with one attached hydrogen (secondary N) is 1. The molecule has 2 aromatic carbocycles. The number of benzene rings is 2. The van der Waals surface area contributed by atoms with Crippen LogP contribution in [0.1, 0.15) is 10.6 Å². The lowest BCUT2D eigenvalue weighted by Gasteiger charge is -2.07. The van der Waals surface area contributed by atoms with Crippen molar-refractivity contribution in [1.82, 2.24) is 4.98 Å². The Labute approximate surface area is 133 Å². The highest BCUT2D eigenvalue weighted by atomic mass is 35.5. The van der Waals surface area contributed by atoms with Gasteiger partial charge in [0.15, 0.2) is 0 Å². The van der Waals surface area contributed by atoms with Gasteiger partial charge in [0, 0.05) is 10.9 Å². The standard InChI is InChI=1S/C17H15ClN2S/c1-12-7-8-14(18)15(9-12)19-10-17-20-16(11-21-17)13-5-3-2-4-6-13/h2-9,11,19H,10H2,1H3. The lowest BCUT2D eigenvalue weighted by molar-refractivity contribution is 1.10. The summed E-state index contributed by atoms with van der Waals surface area (Å²) in [4.78, 5) is 4.66. The molecule has 0 radical (unpaired) electrons. The van der Waals surface area contributed by atoms with Crippen molar-refractivity contribution in [3.8, 4) is 11.3 Å². The Morgan fingerprint density at radius 2 is 1.95 bits per heavy atom. The van der Waals surface area contributed by atoms with E-state index in [2.05, 4.69) is 34.7 Å². The summed E-state index contributed by atoms with van der Waals surface area (Å²) in [5.74, 6) is 0. The van der Waals surface area contributed by atoms with Gasteiger partial charge in [-0.05, 0) is 24.6 Å². The molecule has 106 valence electrons. The van der Waals surface area contributed by atoms with Gasteiger partial charge in [0.05, 0.1) is 22.9 Å². The highest BCUT2D eigenvalue weighted by molar-refractivity contribution is 7.09. The molecule has 0 atom stereocenters. The van der Waals surface area contributed by atoms with Crippen molar-refractivity contribution in [2.75, 3.05) is 5.32 Å². The molecule has 0 bridgehead atoms.